The Morgan fingerprint density at radius 3 is 1.84 bits per heavy atom. The van der Waals surface area contributed by atoms with Crippen molar-refractivity contribution in [3.05, 3.63) is 45.0 Å². The van der Waals surface area contributed by atoms with Gasteiger partial charge in [0.05, 0.1) is 0 Å². The molecule has 0 spiro atoms. The number of aliphatic hydroxyl groups excluding tert-OH is 1. The van der Waals surface area contributed by atoms with Crippen LogP contribution in [0.2, 0.25) is 0 Å². The Labute approximate surface area is 184 Å². The fourth-order valence-corrected chi connectivity index (χ4v) is 2.15. The lowest BCUT2D eigenvalue weighted by molar-refractivity contribution is 0.0989. The number of aliphatic hydroxyl groups is 1. The topological polar surface area (TPSA) is 237 Å². The molecule has 4 heterocycles. The molecule has 0 saturated heterocycles. The maximum atomic E-state index is 11.5. The summed E-state index contributed by atoms with van der Waals surface area (Å²) in [6, 6.07) is 0. The smallest absolute Gasteiger partial charge is 0.355 e. The van der Waals surface area contributed by atoms with Gasteiger partial charge in [0, 0.05) is 7.05 Å². The zero-order chi connectivity index (χ0) is 23.3. The molecular formula is C13H15IN12O5. The van der Waals surface area contributed by atoms with Crippen LogP contribution in [0.5, 0.6) is 0 Å². The summed E-state index contributed by atoms with van der Waals surface area (Å²) in [5.74, 6) is -1.54. The van der Waals surface area contributed by atoms with Gasteiger partial charge in [-0.05, 0) is 4.93 Å². The van der Waals surface area contributed by atoms with Gasteiger partial charge < -0.3 is 16.6 Å². The number of primary amides is 2. The van der Waals surface area contributed by atoms with E-state index in [-0.39, 0.29) is 22.7 Å². The van der Waals surface area contributed by atoms with Crippen molar-refractivity contribution in [1.82, 2.24) is 48.8 Å². The standard InChI is InChI=1S/C6H6N6O3.C6H6N6O2.CH3I/c7-4(14)3-5-9-10-12(2-13)6(15)11(5)1-8-3;1-11-6(14)12-2-8-3(4(7)13)5(12)9-10-11;1-2/h1,13H,2H2,(H2,7,14);2H,1H3,(H2,7,13);1H3. The van der Waals surface area contributed by atoms with Gasteiger partial charge in [-0.1, -0.05) is 33.0 Å². The molecule has 164 valence electrons. The van der Waals surface area contributed by atoms with Crippen molar-refractivity contribution in [1.29, 1.82) is 0 Å². The molecular weight excluding hydrogens is 531 g/mol. The molecule has 0 aliphatic heterocycles. The largest absolute Gasteiger partial charge is 0.374 e. The number of hydrogen-bond acceptors (Lipinski definition) is 11. The molecule has 0 aliphatic rings. The number of imidazole rings is 2. The summed E-state index contributed by atoms with van der Waals surface area (Å²) in [5, 5.41) is 22.8. The van der Waals surface area contributed by atoms with Crippen molar-refractivity contribution in [2.75, 3.05) is 4.93 Å². The quantitative estimate of drug-likeness (QED) is 0.167. The van der Waals surface area contributed by atoms with Gasteiger partial charge in [0.15, 0.2) is 22.7 Å². The zero-order valence-electron chi connectivity index (χ0n) is 15.9. The molecule has 5 N–H and O–H groups in total. The minimum Gasteiger partial charge on any atom is -0.374 e. The van der Waals surface area contributed by atoms with Gasteiger partial charge in [-0.3, -0.25) is 9.59 Å². The summed E-state index contributed by atoms with van der Waals surface area (Å²) in [6.07, 6.45) is 2.28. The van der Waals surface area contributed by atoms with Crippen LogP contribution in [-0.4, -0.2) is 70.6 Å². The van der Waals surface area contributed by atoms with Crippen LogP contribution in [0.25, 0.3) is 11.3 Å². The van der Waals surface area contributed by atoms with E-state index in [2.05, 4.69) is 53.2 Å². The van der Waals surface area contributed by atoms with Crippen molar-refractivity contribution in [2.45, 2.75) is 6.73 Å². The first-order valence-electron chi connectivity index (χ1n) is 7.92. The number of rotatable bonds is 3. The molecule has 4 aromatic heterocycles. The molecule has 0 unspecified atom stereocenters. The number of alkyl halides is 1. The predicted octanol–water partition coefficient (Wildman–Crippen LogP) is -3.69. The SMILES string of the molecule is CI.Cn1nnc2c(C(N)=O)ncn2c1=O.NC(=O)c1ncn2c(=O)n(CO)nnc12. The van der Waals surface area contributed by atoms with E-state index in [0.717, 1.165) is 19.8 Å². The number of hydrogen-bond donors (Lipinski definition) is 3. The molecule has 0 aliphatic carbocycles. The average Bonchev–Trinajstić information content (AvgIpc) is 3.38. The van der Waals surface area contributed by atoms with E-state index in [9.17, 15) is 19.2 Å². The number of aryl methyl sites for hydroxylation is 1. The molecule has 0 bridgehead atoms. The molecule has 0 saturated carbocycles. The Bertz CT molecular complexity index is 1370. The maximum absolute atomic E-state index is 11.5. The van der Waals surface area contributed by atoms with E-state index in [1.54, 1.807) is 0 Å². The number of fused-ring (bicyclic) bond motifs is 2. The number of amides is 2. The van der Waals surface area contributed by atoms with Crippen LogP contribution in [0, 0.1) is 0 Å². The molecule has 18 heteroatoms. The molecule has 0 radical (unpaired) electrons. The molecule has 2 amide bonds. The van der Waals surface area contributed by atoms with Gasteiger partial charge >= 0.3 is 11.4 Å². The summed E-state index contributed by atoms with van der Waals surface area (Å²) >= 11 is 2.15. The second-order valence-electron chi connectivity index (χ2n) is 5.31. The number of carbonyl (C=O) groups is 2. The van der Waals surface area contributed by atoms with E-state index in [1.165, 1.54) is 13.4 Å². The molecule has 31 heavy (non-hydrogen) atoms. The Balaban J connectivity index is 0.000000204. The number of carbonyl (C=O) groups excluding carboxylic acids is 2. The van der Waals surface area contributed by atoms with Gasteiger partial charge in [-0.2, -0.15) is 9.36 Å². The lowest BCUT2D eigenvalue weighted by Crippen LogP contribution is -2.30. The highest BCUT2D eigenvalue weighted by molar-refractivity contribution is 14.1. The minimum absolute atomic E-state index is 0.0304. The highest BCUT2D eigenvalue weighted by Gasteiger charge is 2.15. The highest BCUT2D eigenvalue weighted by Crippen LogP contribution is 2.01. The van der Waals surface area contributed by atoms with Gasteiger partial charge in [0.1, 0.15) is 19.4 Å². The van der Waals surface area contributed by atoms with Crippen molar-refractivity contribution >= 4 is 45.7 Å². The van der Waals surface area contributed by atoms with Gasteiger partial charge in [-0.15, -0.1) is 10.2 Å². The normalized spacial score (nSPS) is 10.2. The first kappa shape index (κ1) is 23.5. The Morgan fingerprint density at radius 1 is 0.935 bits per heavy atom. The number of aromatic nitrogens is 10. The number of halogens is 1. The van der Waals surface area contributed by atoms with Crippen LogP contribution < -0.4 is 22.8 Å². The van der Waals surface area contributed by atoms with E-state index >= 15 is 0 Å². The lowest BCUT2D eigenvalue weighted by atomic mass is 10.4. The average molecular weight is 546 g/mol. The van der Waals surface area contributed by atoms with Crippen molar-refractivity contribution in [2.24, 2.45) is 18.5 Å². The predicted molar refractivity (Wildman–Crippen MR) is 110 cm³/mol. The number of nitrogens with zero attached hydrogens (tertiary/aromatic N) is 10. The lowest BCUT2D eigenvalue weighted by Gasteiger charge is -1.98. The first-order valence-corrected chi connectivity index (χ1v) is 10.1. The van der Waals surface area contributed by atoms with Gasteiger partial charge in [0.25, 0.3) is 11.8 Å². The van der Waals surface area contributed by atoms with E-state index in [1.807, 2.05) is 4.93 Å². The summed E-state index contributed by atoms with van der Waals surface area (Å²) in [5.41, 5.74) is 8.78. The van der Waals surface area contributed by atoms with Crippen LogP contribution in [0.4, 0.5) is 0 Å². The molecule has 4 aromatic rings. The minimum atomic E-state index is -0.798. The Morgan fingerprint density at radius 2 is 1.39 bits per heavy atom. The highest BCUT2D eigenvalue weighted by atomic mass is 127. The Hall–Kier alpha value is -3.81. The second kappa shape index (κ2) is 9.80. The van der Waals surface area contributed by atoms with Crippen LogP contribution in [0.15, 0.2) is 22.2 Å². The van der Waals surface area contributed by atoms with Crippen LogP contribution in [0.3, 0.4) is 0 Å². The summed E-state index contributed by atoms with van der Waals surface area (Å²) < 4.78 is 3.81. The summed E-state index contributed by atoms with van der Waals surface area (Å²) in [6.45, 7) is -0.605. The van der Waals surface area contributed by atoms with E-state index < -0.39 is 29.9 Å². The van der Waals surface area contributed by atoms with Crippen molar-refractivity contribution in [3.63, 3.8) is 0 Å². The fraction of sp³-hybridized carbons (Fsp3) is 0.231. The summed E-state index contributed by atoms with van der Waals surface area (Å²) in [4.78, 5) is 53.8. The van der Waals surface area contributed by atoms with Crippen molar-refractivity contribution in [3.8, 4) is 0 Å². The van der Waals surface area contributed by atoms with Crippen LogP contribution >= 0.6 is 22.6 Å². The number of nitrogens with two attached hydrogens (primary N) is 2. The van der Waals surface area contributed by atoms with Crippen LogP contribution in [-0.2, 0) is 13.8 Å². The van der Waals surface area contributed by atoms with Crippen molar-refractivity contribution < 1.29 is 14.7 Å². The van der Waals surface area contributed by atoms with E-state index in [4.69, 9.17) is 16.6 Å². The monoisotopic (exact) mass is 546 g/mol. The Kier molecular flexibility index (Phi) is 7.42. The fourth-order valence-electron chi connectivity index (χ4n) is 2.15. The molecule has 0 aromatic carbocycles. The molecule has 0 fully saturated rings. The first-order chi connectivity index (χ1) is 14.8. The second-order valence-corrected chi connectivity index (χ2v) is 5.31. The third-order valence-electron chi connectivity index (χ3n) is 3.52. The van der Waals surface area contributed by atoms with E-state index in [0.29, 0.717) is 4.68 Å². The molecule has 0 atom stereocenters. The third kappa shape index (κ3) is 4.53. The maximum Gasteiger partial charge on any atom is 0.355 e. The van der Waals surface area contributed by atoms with Gasteiger partial charge in [-0.25, -0.2) is 28.4 Å². The van der Waals surface area contributed by atoms with Crippen LogP contribution in [0.1, 0.15) is 21.0 Å². The molecule has 17 nitrogen and oxygen atoms in total. The third-order valence-corrected chi connectivity index (χ3v) is 3.52. The summed E-state index contributed by atoms with van der Waals surface area (Å²) in [7, 11) is 1.44. The molecule has 4 rings (SSSR count). The van der Waals surface area contributed by atoms with Gasteiger partial charge in [0.2, 0.25) is 0 Å². The zero-order valence-corrected chi connectivity index (χ0v) is 18.1.